The van der Waals surface area contributed by atoms with Crippen LogP contribution in [0.25, 0.3) is 6.08 Å². The number of hydrogen-bond acceptors (Lipinski definition) is 4. The molecule has 0 spiro atoms. The quantitative estimate of drug-likeness (QED) is 0.398. The third kappa shape index (κ3) is 4.85. The van der Waals surface area contributed by atoms with Gasteiger partial charge in [-0.25, -0.2) is 0 Å². The van der Waals surface area contributed by atoms with Gasteiger partial charge in [0, 0.05) is 27.7 Å². The fraction of sp³-hybridized carbons (Fsp3) is 0.200. The molecule has 1 fully saturated rings. The lowest BCUT2D eigenvalue weighted by atomic mass is 10.1. The highest BCUT2D eigenvalue weighted by Crippen LogP contribution is 2.34. The normalized spacial score (nSPS) is 15.7. The average Bonchev–Trinajstić information content (AvgIpc) is 2.90. The molecule has 1 amide bonds. The molecule has 3 nitrogen and oxygen atoms in total. The molecule has 7 heteroatoms. The molecule has 140 valence electrons. The van der Waals surface area contributed by atoms with Crippen LogP contribution in [0.3, 0.4) is 0 Å². The Bertz CT molecular complexity index is 915. The second kappa shape index (κ2) is 9.11. The Morgan fingerprint density at radius 1 is 1.22 bits per heavy atom. The molecule has 0 N–H and O–H groups in total. The van der Waals surface area contributed by atoms with Gasteiger partial charge < -0.3 is 4.74 Å². The molecule has 0 unspecified atom stereocenters. The summed E-state index contributed by atoms with van der Waals surface area (Å²) < 4.78 is 6.55. The SMILES string of the molecule is CCCN1C(=O)/C(=C/c2ccccc2OCc2ccc(Cl)cc2Cl)SC1=S. The Hall–Kier alpha value is -1.53. The number of thioether (sulfide) groups is 1. The predicted octanol–water partition coefficient (Wildman–Crippen LogP) is 6.18. The summed E-state index contributed by atoms with van der Waals surface area (Å²) in [5.41, 5.74) is 1.66. The van der Waals surface area contributed by atoms with Gasteiger partial charge in [-0.15, -0.1) is 0 Å². The molecule has 0 radical (unpaired) electrons. The Kier molecular flexibility index (Phi) is 6.82. The first kappa shape index (κ1) is 20.2. The van der Waals surface area contributed by atoms with Gasteiger partial charge in [-0.05, 0) is 30.7 Å². The molecule has 2 aromatic rings. The number of nitrogens with zero attached hydrogens (tertiary/aromatic N) is 1. The molecule has 27 heavy (non-hydrogen) atoms. The summed E-state index contributed by atoms with van der Waals surface area (Å²) in [4.78, 5) is 14.8. The fourth-order valence-electron chi connectivity index (χ4n) is 2.58. The lowest BCUT2D eigenvalue weighted by molar-refractivity contribution is -0.122. The molecule has 1 heterocycles. The summed E-state index contributed by atoms with van der Waals surface area (Å²) in [5, 5.41) is 1.14. The lowest BCUT2D eigenvalue weighted by Crippen LogP contribution is -2.28. The van der Waals surface area contributed by atoms with Crippen molar-refractivity contribution in [3.63, 3.8) is 0 Å². The molecule has 0 atom stereocenters. The number of ether oxygens (including phenoxy) is 1. The zero-order chi connectivity index (χ0) is 19.4. The Morgan fingerprint density at radius 3 is 2.74 bits per heavy atom. The second-order valence-electron chi connectivity index (χ2n) is 5.90. The van der Waals surface area contributed by atoms with Gasteiger partial charge in [0.15, 0.2) is 0 Å². The average molecular weight is 438 g/mol. The molecule has 3 rings (SSSR count). The van der Waals surface area contributed by atoms with E-state index in [-0.39, 0.29) is 5.91 Å². The molecule has 0 bridgehead atoms. The van der Waals surface area contributed by atoms with Gasteiger partial charge in [0.2, 0.25) is 0 Å². The largest absolute Gasteiger partial charge is 0.488 e. The molecular weight excluding hydrogens is 421 g/mol. The summed E-state index contributed by atoms with van der Waals surface area (Å²) in [6.45, 7) is 2.96. The monoisotopic (exact) mass is 437 g/mol. The first-order valence-corrected chi connectivity index (χ1v) is 10.4. The van der Waals surface area contributed by atoms with Crippen LogP contribution in [0.4, 0.5) is 0 Å². The van der Waals surface area contributed by atoms with Crippen molar-refractivity contribution in [3.05, 3.63) is 68.5 Å². The van der Waals surface area contributed by atoms with Crippen molar-refractivity contribution in [3.8, 4) is 5.75 Å². The van der Waals surface area contributed by atoms with Crippen LogP contribution in [0.2, 0.25) is 10.0 Å². The number of carbonyl (C=O) groups excluding carboxylic acids is 1. The van der Waals surface area contributed by atoms with E-state index in [1.807, 2.05) is 43.3 Å². The van der Waals surface area contributed by atoms with Crippen LogP contribution in [-0.2, 0) is 11.4 Å². The minimum Gasteiger partial charge on any atom is -0.488 e. The molecule has 1 saturated heterocycles. The predicted molar refractivity (Wildman–Crippen MR) is 117 cm³/mol. The van der Waals surface area contributed by atoms with Gasteiger partial charge in [-0.1, -0.05) is 78.4 Å². The van der Waals surface area contributed by atoms with Crippen molar-refractivity contribution in [1.29, 1.82) is 0 Å². The van der Waals surface area contributed by atoms with Crippen LogP contribution < -0.4 is 4.74 Å². The molecule has 1 aliphatic heterocycles. The summed E-state index contributed by atoms with van der Waals surface area (Å²) >= 11 is 18.8. The third-order valence-electron chi connectivity index (χ3n) is 3.92. The van der Waals surface area contributed by atoms with E-state index in [0.717, 1.165) is 17.5 Å². The minimum atomic E-state index is -0.0533. The highest BCUT2D eigenvalue weighted by Gasteiger charge is 2.31. The van der Waals surface area contributed by atoms with Crippen LogP contribution in [-0.4, -0.2) is 21.7 Å². The summed E-state index contributed by atoms with van der Waals surface area (Å²) in [6.07, 6.45) is 2.69. The van der Waals surface area contributed by atoms with Crippen LogP contribution in [0.15, 0.2) is 47.4 Å². The molecule has 2 aromatic carbocycles. The van der Waals surface area contributed by atoms with Gasteiger partial charge in [-0.2, -0.15) is 0 Å². The lowest BCUT2D eigenvalue weighted by Gasteiger charge is -2.12. The van der Waals surface area contributed by atoms with E-state index < -0.39 is 0 Å². The molecular formula is C20H17Cl2NO2S2. The van der Waals surface area contributed by atoms with Crippen molar-refractivity contribution >= 4 is 63.5 Å². The summed E-state index contributed by atoms with van der Waals surface area (Å²) in [6, 6.07) is 12.9. The highest BCUT2D eigenvalue weighted by atomic mass is 35.5. The zero-order valence-electron chi connectivity index (χ0n) is 14.6. The highest BCUT2D eigenvalue weighted by molar-refractivity contribution is 8.26. The van der Waals surface area contributed by atoms with Crippen LogP contribution >= 0.6 is 47.2 Å². The van der Waals surface area contributed by atoms with E-state index >= 15 is 0 Å². The Balaban J connectivity index is 1.80. The van der Waals surface area contributed by atoms with Crippen molar-refractivity contribution in [1.82, 2.24) is 4.90 Å². The Morgan fingerprint density at radius 2 is 2.00 bits per heavy atom. The maximum atomic E-state index is 12.6. The number of rotatable bonds is 6. The van der Waals surface area contributed by atoms with Crippen molar-refractivity contribution in [2.24, 2.45) is 0 Å². The van der Waals surface area contributed by atoms with Gasteiger partial charge >= 0.3 is 0 Å². The van der Waals surface area contributed by atoms with Crippen LogP contribution in [0, 0.1) is 0 Å². The zero-order valence-corrected chi connectivity index (χ0v) is 17.7. The van der Waals surface area contributed by atoms with E-state index in [1.54, 1.807) is 17.0 Å². The molecule has 0 aromatic heterocycles. The van der Waals surface area contributed by atoms with E-state index in [9.17, 15) is 4.79 Å². The third-order valence-corrected chi connectivity index (χ3v) is 5.89. The van der Waals surface area contributed by atoms with Gasteiger partial charge in [0.25, 0.3) is 5.91 Å². The molecule has 1 aliphatic rings. The van der Waals surface area contributed by atoms with Gasteiger partial charge in [0.05, 0.1) is 4.91 Å². The number of halogens is 2. The number of benzene rings is 2. The van der Waals surface area contributed by atoms with E-state index in [1.165, 1.54) is 11.8 Å². The molecule has 0 aliphatic carbocycles. The van der Waals surface area contributed by atoms with Crippen molar-refractivity contribution < 1.29 is 9.53 Å². The van der Waals surface area contributed by atoms with Gasteiger partial charge in [-0.3, -0.25) is 9.69 Å². The van der Waals surface area contributed by atoms with Crippen LogP contribution in [0.5, 0.6) is 5.75 Å². The minimum absolute atomic E-state index is 0.0533. The van der Waals surface area contributed by atoms with Crippen molar-refractivity contribution in [2.75, 3.05) is 6.54 Å². The summed E-state index contributed by atoms with van der Waals surface area (Å²) in [5.74, 6) is 0.617. The number of amides is 1. The van der Waals surface area contributed by atoms with Crippen molar-refractivity contribution in [2.45, 2.75) is 20.0 Å². The maximum absolute atomic E-state index is 12.6. The first-order chi connectivity index (χ1) is 13.0. The molecule has 0 saturated carbocycles. The van der Waals surface area contributed by atoms with E-state index in [4.69, 9.17) is 40.2 Å². The topological polar surface area (TPSA) is 29.5 Å². The number of hydrogen-bond donors (Lipinski definition) is 0. The van der Waals surface area contributed by atoms with Crippen LogP contribution in [0.1, 0.15) is 24.5 Å². The number of para-hydroxylation sites is 1. The Labute approximate surface area is 178 Å². The fourth-order valence-corrected chi connectivity index (χ4v) is 4.35. The number of thiocarbonyl (C=S) groups is 1. The van der Waals surface area contributed by atoms with E-state index in [0.29, 0.717) is 38.2 Å². The van der Waals surface area contributed by atoms with E-state index in [2.05, 4.69) is 0 Å². The first-order valence-electron chi connectivity index (χ1n) is 8.40. The smallest absolute Gasteiger partial charge is 0.266 e. The standard InChI is InChI=1S/C20H17Cl2NO2S2/c1-2-9-23-19(24)18(27-20(23)26)10-13-5-3-4-6-17(13)25-12-14-7-8-15(21)11-16(14)22/h3-8,10-11H,2,9,12H2,1H3/b18-10-. The number of carbonyl (C=O) groups is 1. The summed E-state index contributed by atoms with van der Waals surface area (Å²) in [7, 11) is 0. The van der Waals surface area contributed by atoms with Gasteiger partial charge in [0.1, 0.15) is 16.7 Å². The second-order valence-corrected chi connectivity index (χ2v) is 8.41. The maximum Gasteiger partial charge on any atom is 0.266 e.